The SMILES string of the molecule is Cc1cc(N)ccc1NC(=O)Cc1ccc(Cl)cc1. The molecule has 2 aromatic rings. The molecule has 3 nitrogen and oxygen atoms in total. The van der Waals surface area contributed by atoms with E-state index in [1.165, 1.54) is 0 Å². The van der Waals surface area contributed by atoms with Gasteiger partial charge in [0.15, 0.2) is 0 Å². The smallest absolute Gasteiger partial charge is 0.228 e. The Hall–Kier alpha value is -2.00. The van der Waals surface area contributed by atoms with E-state index in [1.807, 2.05) is 31.2 Å². The monoisotopic (exact) mass is 274 g/mol. The molecule has 0 saturated heterocycles. The second kappa shape index (κ2) is 5.76. The minimum atomic E-state index is -0.0600. The van der Waals surface area contributed by atoms with Gasteiger partial charge in [-0.3, -0.25) is 4.79 Å². The van der Waals surface area contributed by atoms with Crippen LogP contribution in [0.3, 0.4) is 0 Å². The van der Waals surface area contributed by atoms with Crippen molar-refractivity contribution >= 4 is 28.9 Å². The van der Waals surface area contributed by atoms with Gasteiger partial charge in [0.1, 0.15) is 0 Å². The summed E-state index contributed by atoms with van der Waals surface area (Å²) in [6.45, 7) is 1.91. The first kappa shape index (κ1) is 13.4. The summed E-state index contributed by atoms with van der Waals surface area (Å²) < 4.78 is 0. The number of hydrogen-bond acceptors (Lipinski definition) is 2. The maximum Gasteiger partial charge on any atom is 0.228 e. The van der Waals surface area contributed by atoms with Crippen molar-refractivity contribution in [2.75, 3.05) is 11.1 Å². The molecule has 0 saturated carbocycles. The third kappa shape index (κ3) is 3.73. The second-order valence-corrected chi connectivity index (χ2v) is 4.86. The molecule has 3 N–H and O–H groups in total. The number of hydrogen-bond donors (Lipinski definition) is 2. The highest BCUT2D eigenvalue weighted by Crippen LogP contribution is 2.18. The Morgan fingerprint density at radius 3 is 2.53 bits per heavy atom. The van der Waals surface area contributed by atoms with E-state index in [0.717, 1.165) is 16.8 Å². The average Bonchev–Trinajstić information content (AvgIpc) is 2.36. The van der Waals surface area contributed by atoms with Gasteiger partial charge in [-0.05, 0) is 48.4 Å². The Labute approximate surface area is 117 Å². The van der Waals surface area contributed by atoms with Gasteiger partial charge in [-0.1, -0.05) is 23.7 Å². The lowest BCUT2D eigenvalue weighted by atomic mass is 10.1. The predicted molar refractivity (Wildman–Crippen MR) is 79.4 cm³/mol. The van der Waals surface area contributed by atoms with Crippen molar-refractivity contribution in [3.05, 3.63) is 58.6 Å². The van der Waals surface area contributed by atoms with E-state index < -0.39 is 0 Å². The topological polar surface area (TPSA) is 55.1 Å². The number of anilines is 2. The van der Waals surface area contributed by atoms with Crippen LogP contribution in [0.2, 0.25) is 5.02 Å². The molecule has 0 radical (unpaired) electrons. The van der Waals surface area contributed by atoms with E-state index in [0.29, 0.717) is 17.1 Å². The molecule has 0 aliphatic heterocycles. The van der Waals surface area contributed by atoms with Crippen LogP contribution in [0.4, 0.5) is 11.4 Å². The van der Waals surface area contributed by atoms with E-state index >= 15 is 0 Å². The summed E-state index contributed by atoms with van der Waals surface area (Å²) in [5.41, 5.74) is 9.02. The summed E-state index contributed by atoms with van der Waals surface area (Å²) in [6, 6.07) is 12.7. The zero-order chi connectivity index (χ0) is 13.8. The Balaban J connectivity index is 2.03. The van der Waals surface area contributed by atoms with Crippen molar-refractivity contribution < 1.29 is 4.79 Å². The molecule has 0 spiro atoms. The molecule has 2 aromatic carbocycles. The zero-order valence-electron chi connectivity index (χ0n) is 10.6. The summed E-state index contributed by atoms with van der Waals surface area (Å²) in [6.07, 6.45) is 0.320. The van der Waals surface area contributed by atoms with Crippen molar-refractivity contribution in [1.82, 2.24) is 0 Å². The van der Waals surface area contributed by atoms with E-state index in [4.69, 9.17) is 17.3 Å². The van der Waals surface area contributed by atoms with Gasteiger partial charge in [0, 0.05) is 16.4 Å². The van der Waals surface area contributed by atoms with Gasteiger partial charge in [-0.2, -0.15) is 0 Å². The van der Waals surface area contributed by atoms with Crippen LogP contribution in [-0.4, -0.2) is 5.91 Å². The Morgan fingerprint density at radius 1 is 1.21 bits per heavy atom. The molecule has 0 heterocycles. The molecular weight excluding hydrogens is 260 g/mol. The first-order valence-electron chi connectivity index (χ1n) is 5.95. The molecule has 2 rings (SSSR count). The van der Waals surface area contributed by atoms with Crippen molar-refractivity contribution in [2.45, 2.75) is 13.3 Å². The average molecular weight is 275 g/mol. The highest BCUT2D eigenvalue weighted by Gasteiger charge is 2.06. The molecule has 0 bridgehead atoms. The lowest BCUT2D eigenvalue weighted by Crippen LogP contribution is -2.15. The third-order valence-electron chi connectivity index (χ3n) is 2.80. The Morgan fingerprint density at radius 2 is 1.89 bits per heavy atom. The maximum atomic E-state index is 11.9. The standard InChI is InChI=1S/C15H15ClN2O/c1-10-8-13(17)6-7-14(10)18-15(19)9-11-2-4-12(16)5-3-11/h2-8H,9,17H2,1H3,(H,18,19). The maximum absolute atomic E-state index is 11.9. The van der Waals surface area contributed by atoms with Crippen molar-refractivity contribution in [1.29, 1.82) is 0 Å². The fourth-order valence-corrected chi connectivity index (χ4v) is 1.94. The van der Waals surface area contributed by atoms with Crippen LogP contribution in [0.15, 0.2) is 42.5 Å². The fourth-order valence-electron chi connectivity index (χ4n) is 1.81. The van der Waals surface area contributed by atoms with E-state index in [-0.39, 0.29) is 5.91 Å². The molecule has 0 aliphatic carbocycles. The summed E-state index contributed by atoms with van der Waals surface area (Å²) >= 11 is 5.80. The number of carbonyl (C=O) groups excluding carboxylic acids is 1. The minimum Gasteiger partial charge on any atom is -0.399 e. The van der Waals surface area contributed by atoms with E-state index in [1.54, 1.807) is 18.2 Å². The first-order valence-corrected chi connectivity index (χ1v) is 6.33. The Kier molecular flexibility index (Phi) is 4.07. The Bertz CT molecular complexity index is 594. The van der Waals surface area contributed by atoms with Gasteiger partial charge in [-0.15, -0.1) is 0 Å². The highest BCUT2D eigenvalue weighted by molar-refractivity contribution is 6.30. The van der Waals surface area contributed by atoms with Crippen molar-refractivity contribution in [2.24, 2.45) is 0 Å². The lowest BCUT2D eigenvalue weighted by molar-refractivity contribution is -0.115. The molecule has 0 aliphatic rings. The molecule has 4 heteroatoms. The second-order valence-electron chi connectivity index (χ2n) is 4.43. The van der Waals surface area contributed by atoms with Crippen LogP contribution < -0.4 is 11.1 Å². The number of nitrogens with one attached hydrogen (secondary N) is 1. The number of benzene rings is 2. The molecule has 0 fully saturated rings. The number of halogens is 1. The normalized spacial score (nSPS) is 10.2. The summed E-state index contributed by atoms with van der Waals surface area (Å²) in [5.74, 6) is -0.0600. The number of nitrogen functional groups attached to an aromatic ring is 1. The summed E-state index contributed by atoms with van der Waals surface area (Å²) in [5, 5.41) is 3.54. The molecule has 0 atom stereocenters. The quantitative estimate of drug-likeness (QED) is 0.843. The van der Waals surface area contributed by atoms with Crippen LogP contribution in [0, 0.1) is 6.92 Å². The number of carbonyl (C=O) groups is 1. The molecular formula is C15H15ClN2O. The van der Waals surface area contributed by atoms with Gasteiger partial charge < -0.3 is 11.1 Å². The van der Waals surface area contributed by atoms with Crippen LogP contribution in [0.5, 0.6) is 0 Å². The van der Waals surface area contributed by atoms with E-state index in [9.17, 15) is 4.79 Å². The molecule has 0 unspecified atom stereocenters. The van der Waals surface area contributed by atoms with Gasteiger partial charge >= 0.3 is 0 Å². The molecule has 98 valence electrons. The number of amides is 1. The van der Waals surface area contributed by atoms with Crippen LogP contribution in [-0.2, 0) is 11.2 Å². The van der Waals surface area contributed by atoms with Gasteiger partial charge in [0.2, 0.25) is 5.91 Å². The number of nitrogens with two attached hydrogens (primary N) is 1. The van der Waals surface area contributed by atoms with Crippen molar-refractivity contribution in [3.63, 3.8) is 0 Å². The van der Waals surface area contributed by atoms with Crippen LogP contribution in [0.1, 0.15) is 11.1 Å². The number of aryl methyl sites for hydroxylation is 1. The first-order chi connectivity index (χ1) is 9.04. The van der Waals surface area contributed by atoms with Crippen LogP contribution >= 0.6 is 11.6 Å². The van der Waals surface area contributed by atoms with Gasteiger partial charge in [0.05, 0.1) is 6.42 Å². The van der Waals surface area contributed by atoms with Gasteiger partial charge in [0.25, 0.3) is 0 Å². The van der Waals surface area contributed by atoms with Crippen LogP contribution in [0.25, 0.3) is 0 Å². The third-order valence-corrected chi connectivity index (χ3v) is 3.05. The van der Waals surface area contributed by atoms with Gasteiger partial charge in [-0.25, -0.2) is 0 Å². The highest BCUT2D eigenvalue weighted by atomic mass is 35.5. The van der Waals surface area contributed by atoms with Crippen molar-refractivity contribution in [3.8, 4) is 0 Å². The zero-order valence-corrected chi connectivity index (χ0v) is 11.4. The minimum absolute atomic E-state index is 0.0600. The summed E-state index contributed by atoms with van der Waals surface area (Å²) in [4.78, 5) is 11.9. The summed E-state index contributed by atoms with van der Waals surface area (Å²) in [7, 11) is 0. The number of rotatable bonds is 3. The molecule has 1 amide bonds. The lowest BCUT2D eigenvalue weighted by Gasteiger charge is -2.09. The molecule has 0 aromatic heterocycles. The fraction of sp³-hybridized carbons (Fsp3) is 0.133. The van der Waals surface area contributed by atoms with E-state index in [2.05, 4.69) is 5.32 Å². The predicted octanol–water partition coefficient (Wildman–Crippen LogP) is 3.41. The largest absolute Gasteiger partial charge is 0.399 e. The molecule has 19 heavy (non-hydrogen) atoms.